The maximum atomic E-state index is 12.3. The molecule has 31 heavy (non-hydrogen) atoms. The number of hydrogen-bond acceptors (Lipinski definition) is 7. The highest BCUT2D eigenvalue weighted by Gasteiger charge is 2.21. The molecule has 2 aromatic carbocycles. The van der Waals surface area contributed by atoms with Gasteiger partial charge in [0.05, 0.1) is 11.9 Å². The number of hydrogen-bond donors (Lipinski definition) is 1. The molecular weight excluding hydrogens is 424 g/mol. The molecule has 10 heteroatoms. The minimum absolute atomic E-state index is 0.159. The normalized spacial score (nSPS) is 14.2. The smallest absolute Gasteiger partial charge is 0.232 e. The fourth-order valence-corrected chi connectivity index (χ4v) is 4.35. The van der Waals surface area contributed by atoms with Crippen LogP contribution in [0.3, 0.4) is 0 Å². The van der Waals surface area contributed by atoms with Gasteiger partial charge in [-0.2, -0.15) is 0 Å². The quantitative estimate of drug-likeness (QED) is 0.659. The average Bonchev–Trinajstić information content (AvgIpc) is 3.22. The van der Waals surface area contributed by atoms with Gasteiger partial charge >= 0.3 is 0 Å². The van der Waals surface area contributed by atoms with E-state index in [-0.39, 0.29) is 25.7 Å². The molecule has 0 radical (unpaired) electrons. The summed E-state index contributed by atoms with van der Waals surface area (Å²) in [5.74, 6) is 2.29. The summed E-state index contributed by atoms with van der Waals surface area (Å²) in [5, 5.41) is 2.84. The Morgan fingerprint density at radius 3 is 2.45 bits per heavy atom. The number of benzene rings is 2. The van der Waals surface area contributed by atoms with E-state index >= 15 is 0 Å². The van der Waals surface area contributed by atoms with Crippen molar-refractivity contribution in [3.05, 3.63) is 42.0 Å². The summed E-state index contributed by atoms with van der Waals surface area (Å²) in [7, 11) is -3.52. The molecule has 9 nitrogen and oxygen atoms in total. The van der Waals surface area contributed by atoms with Crippen molar-refractivity contribution < 1.29 is 32.2 Å². The highest BCUT2D eigenvalue weighted by atomic mass is 32.2. The van der Waals surface area contributed by atoms with E-state index in [0.29, 0.717) is 54.9 Å². The number of anilines is 1. The highest BCUT2D eigenvalue weighted by molar-refractivity contribution is 7.92. The number of amides is 1. The second-order valence-electron chi connectivity index (χ2n) is 7.23. The maximum absolute atomic E-state index is 12.3. The summed E-state index contributed by atoms with van der Waals surface area (Å²) in [6, 6.07) is 10.5. The molecule has 0 aromatic heterocycles. The Bertz CT molecular complexity index is 1070. The Balaban J connectivity index is 1.31. The number of nitrogens with one attached hydrogen (secondary N) is 1. The van der Waals surface area contributed by atoms with E-state index in [2.05, 4.69) is 5.32 Å². The zero-order valence-corrected chi connectivity index (χ0v) is 17.9. The molecular formula is C21H24N2O7S. The number of carbonyl (C=O) groups is 1. The van der Waals surface area contributed by atoms with Gasteiger partial charge in [-0.25, -0.2) is 8.42 Å². The first-order valence-electron chi connectivity index (χ1n) is 9.93. The van der Waals surface area contributed by atoms with Gasteiger partial charge in [0.1, 0.15) is 13.2 Å². The van der Waals surface area contributed by atoms with E-state index in [1.807, 2.05) is 12.1 Å². The standard InChI is InChI=1S/C21H24N2O7S/c1-31(25,26)23(16-5-7-17-20(12-16)28-10-9-27-17)8-2-3-21(24)22-13-15-4-6-18-19(11-15)30-14-29-18/h4-7,11-12H,2-3,8-10,13-14H2,1H3,(H,22,24). The van der Waals surface area contributed by atoms with Gasteiger partial charge in [-0.3, -0.25) is 9.10 Å². The molecule has 2 aromatic rings. The van der Waals surface area contributed by atoms with Gasteiger partial charge in [0.15, 0.2) is 23.0 Å². The third kappa shape index (κ3) is 5.13. The van der Waals surface area contributed by atoms with Crippen LogP contribution in [-0.4, -0.2) is 47.1 Å². The lowest BCUT2D eigenvalue weighted by molar-refractivity contribution is -0.121. The first kappa shape index (κ1) is 21.1. The molecule has 0 unspecified atom stereocenters. The van der Waals surface area contributed by atoms with Crippen molar-refractivity contribution in [2.75, 3.05) is 37.1 Å². The molecule has 0 spiro atoms. The Hall–Kier alpha value is -3.14. The molecule has 1 N–H and O–H groups in total. The summed E-state index contributed by atoms with van der Waals surface area (Å²) >= 11 is 0. The number of carbonyl (C=O) groups excluding carboxylic acids is 1. The van der Waals surface area contributed by atoms with Crippen LogP contribution in [0.15, 0.2) is 36.4 Å². The SMILES string of the molecule is CS(=O)(=O)N(CCCC(=O)NCc1ccc2c(c1)OCO2)c1ccc2c(c1)OCCO2. The monoisotopic (exact) mass is 448 g/mol. The van der Waals surface area contributed by atoms with Crippen LogP contribution >= 0.6 is 0 Å². The van der Waals surface area contributed by atoms with Gasteiger partial charge in [-0.05, 0) is 36.2 Å². The molecule has 2 heterocycles. The van der Waals surface area contributed by atoms with Crippen molar-refractivity contribution in [2.45, 2.75) is 19.4 Å². The summed E-state index contributed by atoms with van der Waals surface area (Å²) in [6.45, 7) is 1.61. The minimum Gasteiger partial charge on any atom is -0.486 e. The van der Waals surface area contributed by atoms with Crippen LogP contribution in [0.2, 0.25) is 0 Å². The predicted molar refractivity (Wildman–Crippen MR) is 113 cm³/mol. The molecule has 0 bridgehead atoms. The number of ether oxygens (including phenoxy) is 4. The fraction of sp³-hybridized carbons (Fsp3) is 0.381. The lowest BCUT2D eigenvalue weighted by atomic mass is 10.2. The van der Waals surface area contributed by atoms with E-state index in [9.17, 15) is 13.2 Å². The Labute approximate surface area is 180 Å². The lowest BCUT2D eigenvalue weighted by Crippen LogP contribution is -2.32. The molecule has 0 saturated carbocycles. The third-order valence-corrected chi connectivity index (χ3v) is 6.10. The number of sulfonamides is 1. The highest BCUT2D eigenvalue weighted by Crippen LogP contribution is 2.35. The van der Waals surface area contributed by atoms with E-state index in [1.54, 1.807) is 24.3 Å². The van der Waals surface area contributed by atoms with Gasteiger partial charge in [0, 0.05) is 25.6 Å². The Morgan fingerprint density at radius 1 is 0.968 bits per heavy atom. The molecule has 2 aliphatic heterocycles. The molecule has 0 aliphatic carbocycles. The van der Waals surface area contributed by atoms with Crippen molar-refractivity contribution in [1.29, 1.82) is 0 Å². The zero-order chi connectivity index (χ0) is 21.8. The Morgan fingerprint density at radius 2 is 1.65 bits per heavy atom. The van der Waals surface area contributed by atoms with Crippen LogP contribution in [0.4, 0.5) is 5.69 Å². The molecule has 166 valence electrons. The van der Waals surface area contributed by atoms with Gasteiger partial charge in [0.2, 0.25) is 22.7 Å². The summed E-state index contributed by atoms with van der Waals surface area (Å²) in [4.78, 5) is 12.2. The number of nitrogens with zero attached hydrogens (tertiary/aromatic N) is 1. The Kier molecular flexibility index (Phi) is 6.08. The van der Waals surface area contributed by atoms with Gasteiger partial charge in [-0.15, -0.1) is 0 Å². The third-order valence-electron chi connectivity index (χ3n) is 4.91. The van der Waals surface area contributed by atoms with Crippen LogP contribution in [0.5, 0.6) is 23.0 Å². The summed E-state index contributed by atoms with van der Waals surface area (Å²) < 4.78 is 47.5. The van der Waals surface area contributed by atoms with E-state index < -0.39 is 10.0 Å². The zero-order valence-electron chi connectivity index (χ0n) is 17.1. The summed E-state index contributed by atoms with van der Waals surface area (Å²) in [6.07, 6.45) is 1.71. The predicted octanol–water partition coefficient (Wildman–Crippen LogP) is 2.05. The largest absolute Gasteiger partial charge is 0.486 e. The lowest BCUT2D eigenvalue weighted by Gasteiger charge is -2.25. The number of rotatable bonds is 8. The van der Waals surface area contributed by atoms with Crippen molar-refractivity contribution in [1.82, 2.24) is 5.32 Å². The van der Waals surface area contributed by atoms with Crippen molar-refractivity contribution >= 4 is 21.6 Å². The molecule has 4 rings (SSSR count). The van der Waals surface area contributed by atoms with Crippen molar-refractivity contribution in [2.24, 2.45) is 0 Å². The molecule has 1 amide bonds. The van der Waals surface area contributed by atoms with Gasteiger partial charge in [-0.1, -0.05) is 6.07 Å². The van der Waals surface area contributed by atoms with Crippen molar-refractivity contribution in [3.8, 4) is 23.0 Å². The van der Waals surface area contributed by atoms with E-state index in [0.717, 1.165) is 11.8 Å². The molecule has 0 atom stereocenters. The van der Waals surface area contributed by atoms with Crippen LogP contribution in [-0.2, 0) is 21.4 Å². The van der Waals surface area contributed by atoms with Gasteiger partial charge in [0.25, 0.3) is 0 Å². The topological polar surface area (TPSA) is 103 Å². The minimum atomic E-state index is -3.52. The van der Waals surface area contributed by atoms with E-state index in [1.165, 1.54) is 4.31 Å². The van der Waals surface area contributed by atoms with Crippen LogP contribution in [0.1, 0.15) is 18.4 Å². The average molecular weight is 448 g/mol. The van der Waals surface area contributed by atoms with Crippen molar-refractivity contribution in [3.63, 3.8) is 0 Å². The van der Waals surface area contributed by atoms with Crippen LogP contribution < -0.4 is 28.6 Å². The van der Waals surface area contributed by atoms with Crippen LogP contribution in [0, 0.1) is 0 Å². The molecule has 2 aliphatic rings. The fourth-order valence-electron chi connectivity index (χ4n) is 3.40. The summed E-state index contributed by atoms with van der Waals surface area (Å²) in [5.41, 5.74) is 1.37. The second-order valence-corrected chi connectivity index (χ2v) is 9.14. The second kappa shape index (κ2) is 8.93. The van der Waals surface area contributed by atoms with Crippen LogP contribution in [0.25, 0.3) is 0 Å². The van der Waals surface area contributed by atoms with Gasteiger partial charge < -0.3 is 24.3 Å². The molecule has 0 saturated heterocycles. The molecule has 0 fully saturated rings. The first-order valence-corrected chi connectivity index (χ1v) is 11.8. The number of fused-ring (bicyclic) bond motifs is 2. The maximum Gasteiger partial charge on any atom is 0.232 e. The van der Waals surface area contributed by atoms with E-state index in [4.69, 9.17) is 18.9 Å². The first-order chi connectivity index (χ1) is 14.9.